The van der Waals surface area contributed by atoms with Crippen LogP contribution in [0.3, 0.4) is 0 Å². The highest BCUT2D eigenvalue weighted by Gasteiger charge is 2.18. The zero-order chi connectivity index (χ0) is 15.0. The molecule has 0 unspecified atom stereocenters. The molecule has 0 radical (unpaired) electrons. The highest BCUT2D eigenvalue weighted by Crippen LogP contribution is 2.23. The zero-order valence-corrected chi connectivity index (χ0v) is 11.8. The van der Waals surface area contributed by atoms with Gasteiger partial charge in [0.1, 0.15) is 12.4 Å². The van der Waals surface area contributed by atoms with Gasteiger partial charge in [0, 0.05) is 6.61 Å². The van der Waals surface area contributed by atoms with Gasteiger partial charge >= 0.3 is 5.97 Å². The Bertz CT molecular complexity index is 461. The van der Waals surface area contributed by atoms with Gasteiger partial charge in [-0.15, -0.1) is 0 Å². The quantitative estimate of drug-likeness (QED) is 0.768. The molecule has 0 heterocycles. The van der Waals surface area contributed by atoms with E-state index in [-0.39, 0.29) is 6.61 Å². The summed E-state index contributed by atoms with van der Waals surface area (Å²) in [6, 6.07) is 6.98. The second kappa shape index (κ2) is 8.16. The van der Waals surface area contributed by atoms with Crippen LogP contribution in [0.25, 0.3) is 0 Å². The Morgan fingerprint density at radius 2 is 2.00 bits per heavy atom. The van der Waals surface area contributed by atoms with Crippen molar-refractivity contribution in [3.63, 3.8) is 0 Å². The number of carbonyl (C=O) groups is 2. The number of methoxy groups -OCH3 is 1. The second-order valence-corrected chi connectivity index (χ2v) is 3.96. The lowest BCUT2D eigenvalue weighted by Crippen LogP contribution is -2.31. The molecule has 0 bridgehead atoms. The summed E-state index contributed by atoms with van der Waals surface area (Å²) in [6.45, 7) is 3.51. The molecule has 1 aromatic carbocycles. The van der Waals surface area contributed by atoms with Gasteiger partial charge in [-0.1, -0.05) is 12.1 Å². The molecule has 0 aliphatic heterocycles. The Kier molecular flexibility index (Phi) is 6.52. The Hall–Kier alpha value is -2.08. The van der Waals surface area contributed by atoms with Gasteiger partial charge in [-0.05, 0) is 26.0 Å². The van der Waals surface area contributed by atoms with E-state index in [1.54, 1.807) is 31.2 Å². The lowest BCUT2D eigenvalue weighted by Gasteiger charge is -2.15. The van der Waals surface area contributed by atoms with Crippen molar-refractivity contribution in [3.8, 4) is 5.75 Å². The molecule has 0 saturated heterocycles. The fourth-order valence-electron chi connectivity index (χ4n) is 1.45. The molecule has 1 atom stereocenters. The molecule has 0 fully saturated rings. The molecule has 0 saturated carbocycles. The highest BCUT2D eigenvalue weighted by molar-refractivity contribution is 5.96. The number of benzene rings is 1. The van der Waals surface area contributed by atoms with Crippen molar-refractivity contribution < 1.29 is 23.8 Å². The second-order valence-electron chi connectivity index (χ2n) is 3.96. The van der Waals surface area contributed by atoms with Crippen LogP contribution in [0, 0.1) is 0 Å². The monoisotopic (exact) mass is 281 g/mol. The summed E-state index contributed by atoms with van der Waals surface area (Å²) in [4.78, 5) is 23.2. The summed E-state index contributed by atoms with van der Waals surface area (Å²) in [5, 5.41) is 2.64. The molecule has 0 aliphatic rings. The summed E-state index contributed by atoms with van der Waals surface area (Å²) in [5.74, 6) is -0.470. The standard InChI is InChI=1S/C14H19NO5/c1-4-19-9-13(16)20-10(2)14(17)15-11-7-5-6-8-12(11)18-3/h5-8,10H,4,9H2,1-3H3,(H,15,17)/t10-/m0/s1. The molecule has 6 nitrogen and oxygen atoms in total. The lowest BCUT2D eigenvalue weighted by atomic mass is 10.2. The minimum Gasteiger partial charge on any atom is -0.495 e. The predicted molar refractivity (Wildman–Crippen MR) is 73.7 cm³/mol. The van der Waals surface area contributed by atoms with Crippen LogP contribution in [0.15, 0.2) is 24.3 Å². The molecule has 1 N–H and O–H groups in total. The Morgan fingerprint density at radius 1 is 1.30 bits per heavy atom. The summed E-state index contributed by atoms with van der Waals surface area (Å²) >= 11 is 0. The molecule has 0 aliphatic carbocycles. The van der Waals surface area contributed by atoms with Gasteiger partial charge in [0.25, 0.3) is 5.91 Å². The number of amides is 1. The lowest BCUT2D eigenvalue weighted by molar-refractivity contribution is -0.157. The summed E-state index contributed by atoms with van der Waals surface area (Å²) in [7, 11) is 1.51. The first-order valence-corrected chi connectivity index (χ1v) is 6.29. The van der Waals surface area contributed by atoms with E-state index in [2.05, 4.69) is 5.32 Å². The van der Waals surface area contributed by atoms with E-state index in [0.29, 0.717) is 18.0 Å². The number of esters is 1. The molecule has 1 amide bonds. The van der Waals surface area contributed by atoms with Crippen molar-refractivity contribution in [2.75, 3.05) is 25.6 Å². The number of para-hydroxylation sites is 2. The van der Waals surface area contributed by atoms with E-state index < -0.39 is 18.0 Å². The minimum atomic E-state index is -0.909. The first-order chi connectivity index (χ1) is 9.58. The van der Waals surface area contributed by atoms with E-state index >= 15 is 0 Å². The van der Waals surface area contributed by atoms with Crippen molar-refractivity contribution in [2.24, 2.45) is 0 Å². The van der Waals surface area contributed by atoms with E-state index in [0.717, 1.165) is 0 Å². The van der Waals surface area contributed by atoms with Crippen LogP contribution in [0.4, 0.5) is 5.69 Å². The van der Waals surface area contributed by atoms with E-state index in [9.17, 15) is 9.59 Å². The Balaban J connectivity index is 2.55. The third-order valence-corrected chi connectivity index (χ3v) is 2.47. The molecule has 1 aromatic rings. The molecule has 110 valence electrons. The number of carbonyl (C=O) groups excluding carboxylic acids is 2. The zero-order valence-electron chi connectivity index (χ0n) is 11.8. The first-order valence-electron chi connectivity index (χ1n) is 6.29. The predicted octanol–water partition coefficient (Wildman–Crippen LogP) is 1.60. The van der Waals surface area contributed by atoms with Crippen LogP contribution in [-0.4, -0.2) is 38.3 Å². The maximum atomic E-state index is 11.9. The topological polar surface area (TPSA) is 73.9 Å². The average molecular weight is 281 g/mol. The van der Waals surface area contributed by atoms with Crippen molar-refractivity contribution >= 4 is 17.6 Å². The van der Waals surface area contributed by atoms with E-state index in [4.69, 9.17) is 14.2 Å². The van der Waals surface area contributed by atoms with Crippen molar-refractivity contribution in [1.29, 1.82) is 0 Å². The molecule has 6 heteroatoms. The number of nitrogens with one attached hydrogen (secondary N) is 1. The molecule has 20 heavy (non-hydrogen) atoms. The molecular formula is C14H19NO5. The van der Waals surface area contributed by atoms with Crippen molar-refractivity contribution in [2.45, 2.75) is 20.0 Å². The van der Waals surface area contributed by atoms with Crippen LogP contribution in [0.1, 0.15) is 13.8 Å². The number of anilines is 1. The van der Waals surface area contributed by atoms with Crippen molar-refractivity contribution in [1.82, 2.24) is 0 Å². The third-order valence-electron chi connectivity index (χ3n) is 2.47. The van der Waals surface area contributed by atoms with E-state index in [1.165, 1.54) is 14.0 Å². The molecule has 0 spiro atoms. The van der Waals surface area contributed by atoms with Gasteiger partial charge in [0.05, 0.1) is 12.8 Å². The fourth-order valence-corrected chi connectivity index (χ4v) is 1.45. The van der Waals surface area contributed by atoms with Crippen LogP contribution < -0.4 is 10.1 Å². The van der Waals surface area contributed by atoms with Gasteiger partial charge in [0.2, 0.25) is 0 Å². The molecule has 1 rings (SSSR count). The van der Waals surface area contributed by atoms with Gasteiger partial charge in [-0.25, -0.2) is 4.79 Å². The number of hydrogen-bond acceptors (Lipinski definition) is 5. The number of rotatable bonds is 7. The number of ether oxygens (including phenoxy) is 3. The SMILES string of the molecule is CCOCC(=O)O[C@@H](C)C(=O)Nc1ccccc1OC. The fraction of sp³-hybridized carbons (Fsp3) is 0.429. The summed E-state index contributed by atoms with van der Waals surface area (Å²) in [5.41, 5.74) is 0.521. The first kappa shape index (κ1) is 16.0. The van der Waals surface area contributed by atoms with Crippen LogP contribution in [0.5, 0.6) is 5.75 Å². The Labute approximate surface area is 118 Å². The minimum absolute atomic E-state index is 0.164. The van der Waals surface area contributed by atoms with Gasteiger partial charge in [0.15, 0.2) is 6.10 Å². The summed E-state index contributed by atoms with van der Waals surface area (Å²) < 4.78 is 15.0. The molecule has 0 aromatic heterocycles. The smallest absolute Gasteiger partial charge is 0.332 e. The Morgan fingerprint density at radius 3 is 2.65 bits per heavy atom. The van der Waals surface area contributed by atoms with Gasteiger partial charge in [-0.2, -0.15) is 0 Å². The largest absolute Gasteiger partial charge is 0.495 e. The number of hydrogen-bond donors (Lipinski definition) is 1. The maximum absolute atomic E-state index is 11.9. The van der Waals surface area contributed by atoms with Crippen LogP contribution in [-0.2, 0) is 19.1 Å². The molecular weight excluding hydrogens is 262 g/mol. The maximum Gasteiger partial charge on any atom is 0.332 e. The van der Waals surface area contributed by atoms with Gasteiger partial charge < -0.3 is 19.5 Å². The van der Waals surface area contributed by atoms with Crippen molar-refractivity contribution in [3.05, 3.63) is 24.3 Å². The van der Waals surface area contributed by atoms with Crippen LogP contribution in [0.2, 0.25) is 0 Å². The normalized spacial score (nSPS) is 11.6. The summed E-state index contributed by atoms with van der Waals surface area (Å²) in [6.07, 6.45) is -0.909. The van der Waals surface area contributed by atoms with Gasteiger partial charge in [-0.3, -0.25) is 4.79 Å². The van der Waals surface area contributed by atoms with Crippen LogP contribution >= 0.6 is 0 Å². The average Bonchev–Trinajstić information content (AvgIpc) is 2.45. The third kappa shape index (κ3) is 4.89. The highest BCUT2D eigenvalue weighted by atomic mass is 16.6. The van der Waals surface area contributed by atoms with E-state index in [1.807, 2.05) is 0 Å².